The SMILES string of the molecule is CC(C)(C)CCCc1noc(Cc2ccsc2)n1. The summed E-state index contributed by atoms with van der Waals surface area (Å²) in [5.41, 5.74) is 1.62. The third kappa shape index (κ3) is 4.26. The van der Waals surface area contributed by atoms with E-state index in [0.29, 0.717) is 5.41 Å². The molecule has 0 aliphatic carbocycles. The molecule has 0 atom stereocenters. The lowest BCUT2D eigenvalue weighted by Gasteiger charge is -2.16. The van der Waals surface area contributed by atoms with Crippen LogP contribution in [0.15, 0.2) is 21.3 Å². The number of thiophene rings is 1. The van der Waals surface area contributed by atoms with Gasteiger partial charge in [-0.15, -0.1) is 0 Å². The van der Waals surface area contributed by atoms with Gasteiger partial charge in [-0.3, -0.25) is 0 Å². The van der Waals surface area contributed by atoms with E-state index in [1.54, 1.807) is 11.3 Å². The van der Waals surface area contributed by atoms with Crippen LogP contribution in [0.5, 0.6) is 0 Å². The first-order valence-electron chi connectivity index (χ1n) is 6.35. The normalized spacial score (nSPS) is 11.9. The Morgan fingerprint density at radius 3 is 2.83 bits per heavy atom. The van der Waals surface area contributed by atoms with Gasteiger partial charge in [-0.2, -0.15) is 16.3 Å². The topological polar surface area (TPSA) is 38.9 Å². The molecule has 0 bridgehead atoms. The quantitative estimate of drug-likeness (QED) is 0.816. The summed E-state index contributed by atoms with van der Waals surface area (Å²) < 4.78 is 5.26. The highest BCUT2D eigenvalue weighted by atomic mass is 32.1. The van der Waals surface area contributed by atoms with Gasteiger partial charge in [0.15, 0.2) is 5.82 Å². The Morgan fingerprint density at radius 2 is 2.17 bits per heavy atom. The fraction of sp³-hybridized carbons (Fsp3) is 0.571. The zero-order valence-electron chi connectivity index (χ0n) is 11.3. The molecule has 0 amide bonds. The highest BCUT2D eigenvalue weighted by Gasteiger charge is 2.12. The molecule has 0 unspecified atom stereocenters. The minimum absolute atomic E-state index is 0.378. The summed E-state index contributed by atoms with van der Waals surface area (Å²) in [6.45, 7) is 6.77. The number of rotatable bonds is 5. The molecule has 0 saturated heterocycles. The van der Waals surface area contributed by atoms with Gasteiger partial charge in [-0.25, -0.2) is 0 Å². The summed E-state index contributed by atoms with van der Waals surface area (Å²) in [6.07, 6.45) is 3.95. The molecule has 0 fully saturated rings. The molecule has 0 aliphatic heterocycles. The van der Waals surface area contributed by atoms with Crippen molar-refractivity contribution >= 4 is 11.3 Å². The molecule has 2 aromatic heterocycles. The minimum Gasteiger partial charge on any atom is -0.339 e. The Kier molecular flexibility index (Phi) is 4.17. The van der Waals surface area contributed by atoms with E-state index in [-0.39, 0.29) is 0 Å². The zero-order chi connectivity index (χ0) is 13.0. The van der Waals surface area contributed by atoms with Gasteiger partial charge < -0.3 is 4.52 Å². The van der Waals surface area contributed by atoms with E-state index >= 15 is 0 Å². The van der Waals surface area contributed by atoms with Gasteiger partial charge in [0, 0.05) is 6.42 Å². The second-order valence-electron chi connectivity index (χ2n) is 5.83. The molecule has 0 N–H and O–H groups in total. The van der Waals surface area contributed by atoms with Crippen molar-refractivity contribution in [2.75, 3.05) is 0 Å². The predicted molar refractivity (Wildman–Crippen MR) is 73.8 cm³/mol. The second-order valence-corrected chi connectivity index (χ2v) is 6.61. The lowest BCUT2D eigenvalue weighted by Crippen LogP contribution is -2.05. The molecule has 4 heteroatoms. The Morgan fingerprint density at radius 1 is 1.33 bits per heavy atom. The van der Waals surface area contributed by atoms with Crippen molar-refractivity contribution in [2.24, 2.45) is 5.41 Å². The van der Waals surface area contributed by atoms with Crippen LogP contribution < -0.4 is 0 Å². The second kappa shape index (κ2) is 5.65. The van der Waals surface area contributed by atoms with Crippen LogP contribution in [0.4, 0.5) is 0 Å². The number of aryl methyl sites for hydroxylation is 1. The Balaban J connectivity index is 1.83. The van der Waals surface area contributed by atoms with Crippen LogP contribution in [0.25, 0.3) is 0 Å². The standard InChI is InChI=1S/C14H20N2OS/c1-14(2,3)7-4-5-12-15-13(17-16-12)9-11-6-8-18-10-11/h6,8,10H,4-5,7,9H2,1-3H3. The van der Waals surface area contributed by atoms with E-state index in [1.807, 2.05) is 0 Å². The van der Waals surface area contributed by atoms with Crippen molar-refractivity contribution < 1.29 is 4.52 Å². The zero-order valence-corrected chi connectivity index (χ0v) is 12.1. The fourth-order valence-electron chi connectivity index (χ4n) is 1.81. The molecule has 98 valence electrons. The maximum atomic E-state index is 5.26. The molecule has 0 aromatic carbocycles. The lowest BCUT2D eigenvalue weighted by atomic mass is 9.90. The van der Waals surface area contributed by atoms with Crippen molar-refractivity contribution in [1.82, 2.24) is 10.1 Å². The predicted octanol–water partition coefficient (Wildman–Crippen LogP) is 4.09. The summed E-state index contributed by atoms with van der Waals surface area (Å²) in [4.78, 5) is 4.43. The van der Waals surface area contributed by atoms with Crippen LogP contribution in [0.2, 0.25) is 0 Å². The monoisotopic (exact) mass is 264 g/mol. The average Bonchev–Trinajstić information content (AvgIpc) is 2.89. The number of nitrogens with zero attached hydrogens (tertiary/aromatic N) is 2. The van der Waals surface area contributed by atoms with Gasteiger partial charge in [-0.05, 0) is 40.6 Å². The van der Waals surface area contributed by atoms with E-state index in [2.05, 4.69) is 47.7 Å². The first-order chi connectivity index (χ1) is 8.53. The number of hydrogen-bond acceptors (Lipinski definition) is 4. The van der Waals surface area contributed by atoms with E-state index in [1.165, 1.54) is 12.0 Å². The number of aromatic nitrogens is 2. The summed E-state index contributed by atoms with van der Waals surface area (Å²) in [5, 5.41) is 8.21. The summed E-state index contributed by atoms with van der Waals surface area (Å²) in [5.74, 6) is 1.56. The molecule has 3 nitrogen and oxygen atoms in total. The summed E-state index contributed by atoms with van der Waals surface area (Å²) in [6, 6.07) is 2.09. The highest BCUT2D eigenvalue weighted by Crippen LogP contribution is 2.21. The molecule has 2 aromatic rings. The summed E-state index contributed by atoms with van der Waals surface area (Å²) >= 11 is 1.69. The van der Waals surface area contributed by atoms with Crippen molar-refractivity contribution in [2.45, 2.75) is 46.5 Å². The third-order valence-corrected chi connectivity index (χ3v) is 3.50. The van der Waals surface area contributed by atoms with Crippen LogP contribution in [0.1, 0.15) is 50.9 Å². The highest BCUT2D eigenvalue weighted by molar-refractivity contribution is 7.07. The molecule has 0 aliphatic rings. The first-order valence-corrected chi connectivity index (χ1v) is 7.30. The third-order valence-electron chi connectivity index (χ3n) is 2.77. The molecular weight excluding hydrogens is 244 g/mol. The maximum Gasteiger partial charge on any atom is 0.231 e. The smallest absolute Gasteiger partial charge is 0.231 e. The van der Waals surface area contributed by atoms with Crippen molar-refractivity contribution in [3.63, 3.8) is 0 Å². The van der Waals surface area contributed by atoms with Crippen LogP contribution in [-0.2, 0) is 12.8 Å². The van der Waals surface area contributed by atoms with Crippen molar-refractivity contribution in [3.8, 4) is 0 Å². The average molecular weight is 264 g/mol. The lowest BCUT2D eigenvalue weighted by molar-refractivity contribution is 0.357. The molecule has 0 spiro atoms. The largest absolute Gasteiger partial charge is 0.339 e. The molecule has 18 heavy (non-hydrogen) atoms. The van der Waals surface area contributed by atoms with E-state index in [0.717, 1.165) is 31.0 Å². The van der Waals surface area contributed by atoms with Crippen LogP contribution in [-0.4, -0.2) is 10.1 Å². The van der Waals surface area contributed by atoms with E-state index < -0.39 is 0 Å². The summed E-state index contributed by atoms with van der Waals surface area (Å²) in [7, 11) is 0. The molecule has 2 heterocycles. The maximum absolute atomic E-state index is 5.26. The van der Waals surface area contributed by atoms with E-state index in [4.69, 9.17) is 4.52 Å². The van der Waals surface area contributed by atoms with Crippen LogP contribution >= 0.6 is 11.3 Å². The van der Waals surface area contributed by atoms with Crippen LogP contribution in [0.3, 0.4) is 0 Å². The van der Waals surface area contributed by atoms with E-state index in [9.17, 15) is 0 Å². The van der Waals surface area contributed by atoms with Gasteiger partial charge >= 0.3 is 0 Å². The molecular formula is C14H20N2OS. The first kappa shape index (κ1) is 13.3. The number of hydrogen-bond donors (Lipinski definition) is 0. The fourth-order valence-corrected chi connectivity index (χ4v) is 2.48. The minimum atomic E-state index is 0.378. The Labute approximate surface area is 112 Å². The van der Waals surface area contributed by atoms with Crippen molar-refractivity contribution in [1.29, 1.82) is 0 Å². The molecule has 0 radical (unpaired) electrons. The van der Waals surface area contributed by atoms with Gasteiger partial charge in [-0.1, -0.05) is 25.9 Å². The molecule has 0 saturated carbocycles. The van der Waals surface area contributed by atoms with Crippen molar-refractivity contribution in [3.05, 3.63) is 34.1 Å². The van der Waals surface area contributed by atoms with Gasteiger partial charge in [0.1, 0.15) is 0 Å². The van der Waals surface area contributed by atoms with Gasteiger partial charge in [0.05, 0.1) is 6.42 Å². The molecule has 2 rings (SSSR count). The Hall–Kier alpha value is -1.16. The Bertz CT molecular complexity index is 468. The van der Waals surface area contributed by atoms with Gasteiger partial charge in [0.25, 0.3) is 0 Å². The van der Waals surface area contributed by atoms with Gasteiger partial charge in [0.2, 0.25) is 5.89 Å². The van der Waals surface area contributed by atoms with Crippen LogP contribution in [0, 0.1) is 5.41 Å².